The predicted molar refractivity (Wildman–Crippen MR) is 71.8 cm³/mol. The van der Waals surface area contributed by atoms with Crippen molar-refractivity contribution >= 4 is 23.2 Å². The molecule has 2 nitrogen and oxygen atoms in total. The molecule has 1 fully saturated rings. The van der Waals surface area contributed by atoms with Crippen molar-refractivity contribution < 1.29 is 5.11 Å². The summed E-state index contributed by atoms with van der Waals surface area (Å²) in [6.45, 7) is 1.82. The zero-order chi connectivity index (χ0) is 12.3. The van der Waals surface area contributed by atoms with Gasteiger partial charge >= 0.3 is 0 Å². The van der Waals surface area contributed by atoms with E-state index in [2.05, 4.69) is 5.32 Å². The van der Waals surface area contributed by atoms with Crippen LogP contribution in [0.3, 0.4) is 0 Å². The minimum Gasteiger partial charge on any atom is -0.389 e. The van der Waals surface area contributed by atoms with Crippen molar-refractivity contribution in [2.75, 3.05) is 13.1 Å². The van der Waals surface area contributed by atoms with Gasteiger partial charge < -0.3 is 10.4 Å². The topological polar surface area (TPSA) is 32.3 Å². The molecule has 2 rings (SSSR count). The molecule has 1 aromatic rings. The highest BCUT2D eigenvalue weighted by Gasteiger charge is 2.29. The maximum atomic E-state index is 10.6. The van der Waals surface area contributed by atoms with Crippen LogP contribution in [0.2, 0.25) is 10.0 Å². The van der Waals surface area contributed by atoms with Crippen LogP contribution in [0.5, 0.6) is 0 Å². The number of halogens is 2. The molecule has 1 heterocycles. The standard InChI is InChI=1S/C13H17Cl2NO/c14-11-3-1-4-12(15)10(11)9-13(17)5-2-7-16-8-6-13/h1,3-4,16-17H,2,5-9H2. The smallest absolute Gasteiger partial charge is 0.0701 e. The molecule has 94 valence electrons. The Bertz CT molecular complexity index is 367. The second-order valence-corrected chi connectivity index (χ2v) is 5.52. The third kappa shape index (κ3) is 3.35. The molecule has 1 atom stereocenters. The highest BCUT2D eigenvalue weighted by atomic mass is 35.5. The van der Waals surface area contributed by atoms with Crippen molar-refractivity contribution in [1.29, 1.82) is 0 Å². The summed E-state index contributed by atoms with van der Waals surface area (Å²) in [4.78, 5) is 0. The summed E-state index contributed by atoms with van der Waals surface area (Å²) in [5.41, 5.74) is 0.179. The Morgan fingerprint density at radius 1 is 1.18 bits per heavy atom. The van der Waals surface area contributed by atoms with E-state index in [4.69, 9.17) is 23.2 Å². The summed E-state index contributed by atoms with van der Waals surface area (Å²) in [5.74, 6) is 0. The van der Waals surface area contributed by atoms with Gasteiger partial charge in [-0.3, -0.25) is 0 Å². The van der Waals surface area contributed by atoms with Crippen LogP contribution in [0.15, 0.2) is 18.2 Å². The maximum Gasteiger partial charge on any atom is 0.0701 e. The minimum absolute atomic E-state index is 0.535. The largest absolute Gasteiger partial charge is 0.389 e. The first-order valence-electron chi connectivity index (χ1n) is 5.97. The van der Waals surface area contributed by atoms with Gasteiger partial charge in [-0.15, -0.1) is 0 Å². The number of nitrogens with one attached hydrogen (secondary N) is 1. The summed E-state index contributed by atoms with van der Waals surface area (Å²) in [6, 6.07) is 5.47. The molecule has 0 bridgehead atoms. The summed E-state index contributed by atoms with van der Waals surface area (Å²) in [5, 5.41) is 15.2. The summed E-state index contributed by atoms with van der Waals surface area (Å²) < 4.78 is 0. The predicted octanol–water partition coefficient (Wildman–Crippen LogP) is 3.04. The lowest BCUT2D eigenvalue weighted by molar-refractivity contribution is 0.0285. The zero-order valence-corrected chi connectivity index (χ0v) is 11.2. The number of benzene rings is 1. The Balaban J connectivity index is 2.18. The molecular formula is C13H17Cl2NO. The van der Waals surface area contributed by atoms with Crippen LogP contribution in [0.1, 0.15) is 24.8 Å². The van der Waals surface area contributed by atoms with Crippen molar-refractivity contribution in [2.45, 2.75) is 31.3 Å². The summed E-state index contributed by atoms with van der Waals surface area (Å²) in [7, 11) is 0. The number of hydrogen-bond acceptors (Lipinski definition) is 2. The van der Waals surface area contributed by atoms with Crippen LogP contribution >= 0.6 is 23.2 Å². The Labute approximate surface area is 112 Å². The highest BCUT2D eigenvalue weighted by Crippen LogP contribution is 2.31. The van der Waals surface area contributed by atoms with Crippen molar-refractivity contribution in [2.24, 2.45) is 0 Å². The molecule has 0 aliphatic carbocycles. The molecule has 1 aliphatic rings. The lowest BCUT2D eigenvalue weighted by atomic mass is 9.88. The van der Waals surface area contributed by atoms with E-state index in [0.717, 1.165) is 37.9 Å². The molecule has 0 radical (unpaired) electrons. The van der Waals surface area contributed by atoms with Crippen LogP contribution in [0, 0.1) is 0 Å². The van der Waals surface area contributed by atoms with Crippen molar-refractivity contribution in [3.8, 4) is 0 Å². The highest BCUT2D eigenvalue weighted by molar-refractivity contribution is 6.36. The first kappa shape index (κ1) is 13.2. The average molecular weight is 274 g/mol. The van der Waals surface area contributed by atoms with Gasteiger partial charge in [-0.05, 0) is 50.0 Å². The van der Waals surface area contributed by atoms with Crippen LogP contribution in [0.4, 0.5) is 0 Å². The van der Waals surface area contributed by atoms with E-state index in [9.17, 15) is 5.11 Å². The van der Waals surface area contributed by atoms with Crippen molar-refractivity contribution in [3.63, 3.8) is 0 Å². The fourth-order valence-corrected chi connectivity index (χ4v) is 2.85. The van der Waals surface area contributed by atoms with Crippen LogP contribution in [-0.4, -0.2) is 23.8 Å². The lowest BCUT2D eigenvalue weighted by Gasteiger charge is -2.27. The summed E-state index contributed by atoms with van der Waals surface area (Å²) in [6.07, 6.45) is 3.06. The van der Waals surface area contributed by atoms with E-state index in [1.54, 1.807) is 0 Å². The SMILES string of the molecule is OC1(Cc2c(Cl)cccc2Cl)CCCNCC1. The quantitative estimate of drug-likeness (QED) is 0.868. The van der Waals surface area contributed by atoms with Crippen LogP contribution in [-0.2, 0) is 6.42 Å². The molecule has 1 aromatic carbocycles. The van der Waals surface area contributed by atoms with Crippen molar-refractivity contribution in [3.05, 3.63) is 33.8 Å². The molecule has 1 aliphatic heterocycles. The molecule has 4 heteroatoms. The van der Waals surface area contributed by atoms with E-state index >= 15 is 0 Å². The van der Waals surface area contributed by atoms with Gasteiger partial charge in [0.2, 0.25) is 0 Å². The Kier molecular flexibility index (Phi) is 4.31. The molecule has 17 heavy (non-hydrogen) atoms. The van der Waals surface area contributed by atoms with Gasteiger partial charge in [0.1, 0.15) is 0 Å². The number of aliphatic hydroxyl groups is 1. The third-order valence-electron chi connectivity index (χ3n) is 3.33. The average Bonchev–Trinajstić information content (AvgIpc) is 2.49. The minimum atomic E-state index is -0.682. The Morgan fingerprint density at radius 2 is 1.88 bits per heavy atom. The van der Waals surface area contributed by atoms with Gasteiger partial charge in [0.15, 0.2) is 0 Å². The Hall–Kier alpha value is -0.280. The van der Waals surface area contributed by atoms with E-state index in [1.807, 2.05) is 18.2 Å². The fourth-order valence-electron chi connectivity index (χ4n) is 2.32. The monoisotopic (exact) mass is 273 g/mol. The molecule has 0 saturated carbocycles. The summed E-state index contributed by atoms with van der Waals surface area (Å²) >= 11 is 12.3. The third-order valence-corrected chi connectivity index (χ3v) is 4.04. The zero-order valence-electron chi connectivity index (χ0n) is 9.68. The molecular weight excluding hydrogens is 257 g/mol. The van der Waals surface area contributed by atoms with E-state index in [0.29, 0.717) is 16.5 Å². The van der Waals surface area contributed by atoms with Gasteiger partial charge in [-0.1, -0.05) is 29.3 Å². The Morgan fingerprint density at radius 3 is 2.59 bits per heavy atom. The van der Waals surface area contributed by atoms with Crippen LogP contribution < -0.4 is 5.32 Å². The molecule has 0 spiro atoms. The molecule has 1 unspecified atom stereocenters. The first-order valence-corrected chi connectivity index (χ1v) is 6.72. The van der Waals surface area contributed by atoms with E-state index in [1.165, 1.54) is 0 Å². The lowest BCUT2D eigenvalue weighted by Crippen LogP contribution is -2.32. The maximum absolute atomic E-state index is 10.6. The van der Waals surface area contributed by atoms with E-state index < -0.39 is 5.60 Å². The molecule has 1 saturated heterocycles. The van der Waals surface area contributed by atoms with Gasteiger partial charge in [0.05, 0.1) is 5.60 Å². The van der Waals surface area contributed by atoms with Gasteiger partial charge in [0.25, 0.3) is 0 Å². The molecule has 0 amide bonds. The number of hydrogen-bond donors (Lipinski definition) is 2. The van der Waals surface area contributed by atoms with Crippen molar-refractivity contribution in [1.82, 2.24) is 5.32 Å². The van der Waals surface area contributed by atoms with E-state index in [-0.39, 0.29) is 0 Å². The normalized spacial score (nSPS) is 25.6. The van der Waals surface area contributed by atoms with Gasteiger partial charge in [-0.2, -0.15) is 0 Å². The van der Waals surface area contributed by atoms with Gasteiger partial charge in [0, 0.05) is 16.5 Å². The molecule has 0 aromatic heterocycles. The second kappa shape index (κ2) is 5.57. The first-order chi connectivity index (χ1) is 8.11. The molecule has 2 N–H and O–H groups in total. The second-order valence-electron chi connectivity index (χ2n) is 4.70. The fraction of sp³-hybridized carbons (Fsp3) is 0.538. The van der Waals surface area contributed by atoms with Crippen LogP contribution in [0.25, 0.3) is 0 Å². The van der Waals surface area contributed by atoms with Gasteiger partial charge in [-0.25, -0.2) is 0 Å². The number of rotatable bonds is 2.